The molecule has 0 aromatic heterocycles. The van der Waals surface area contributed by atoms with Gasteiger partial charge in [0.15, 0.2) is 0 Å². The first-order valence-electron chi connectivity index (χ1n) is 7.62. The van der Waals surface area contributed by atoms with Crippen LogP contribution in [-0.4, -0.2) is 11.8 Å². The van der Waals surface area contributed by atoms with Gasteiger partial charge in [-0.25, -0.2) is 0 Å². The van der Waals surface area contributed by atoms with Crippen molar-refractivity contribution in [2.75, 3.05) is 0 Å². The van der Waals surface area contributed by atoms with Gasteiger partial charge in [-0.3, -0.25) is 4.99 Å². The van der Waals surface area contributed by atoms with E-state index in [-0.39, 0.29) is 5.54 Å². The Morgan fingerprint density at radius 1 is 1.11 bits per heavy atom. The third kappa shape index (κ3) is 5.66. The molecule has 0 saturated heterocycles. The fourth-order valence-electron chi connectivity index (χ4n) is 2.68. The van der Waals surface area contributed by atoms with E-state index in [4.69, 9.17) is 4.99 Å². The molecule has 18 heavy (non-hydrogen) atoms. The summed E-state index contributed by atoms with van der Waals surface area (Å²) in [6.07, 6.45) is 21.2. The molecule has 102 valence electrons. The Kier molecular flexibility index (Phi) is 7.71. The van der Waals surface area contributed by atoms with E-state index < -0.39 is 0 Å². The van der Waals surface area contributed by atoms with Gasteiger partial charge in [-0.1, -0.05) is 44.4 Å². The van der Waals surface area contributed by atoms with Crippen molar-refractivity contribution in [3.8, 4) is 0 Å². The quantitative estimate of drug-likeness (QED) is 0.306. The Morgan fingerprint density at radius 3 is 2.56 bits per heavy atom. The Balaban J connectivity index is 2.40. The summed E-state index contributed by atoms with van der Waals surface area (Å²) in [5, 5.41) is 0. The molecule has 0 amide bonds. The Morgan fingerprint density at radius 2 is 1.89 bits per heavy atom. The molecule has 0 unspecified atom stereocenters. The number of aliphatic imine (C=N–C) groups is 1. The summed E-state index contributed by atoms with van der Waals surface area (Å²) in [6, 6.07) is 0. The van der Waals surface area contributed by atoms with Crippen molar-refractivity contribution in [2.45, 2.75) is 76.7 Å². The summed E-state index contributed by atoms with van der Waals surface area (Å²) < 4.78 is 0. The average Bonchev–Trinajstić information content (AvgIpc) is 2.42. The predicted octanol–water partition coefficient (Wildman–Crippen LogP) is 5.47. The first-order valence-corrected chi connectivity index (χ1v) is 7.62. The van der Waals surface area contributed by atoms with Gasteiger partial charge in [0, 0.05) is 0 Å². The van der Waals surface area contributed by atoms with Crippen LogP contribution in [0.3, 0.4) is 0 Å². The zero-order chi connectivity index (χ0) is 13.1. The van der Waals surface area contributed by atoms with Crippen molar-refractivity contribution >= 4 is 6.21 Å². The molecule has 0 bridgehead atoms. The maximum atomic E-state index is 4.87. The van der Waals surface area contributed by atoms with Crippen molar-refractivity contribution < 1.29 is 0 Å². The molecule has 1 fully saturated rings. The maximum Gasteiger partial charge on any atom is 0.0638 e. The van der Waals surface area contributed by atoms with Gasteiger partial charge in [-0.05, 0) is 51.2 Å². The molecule has 0 heterocycles. The summed E-state index contributed by atoms with van der Waals surface area (Å²) in [5.41, 5.74) is 0.239. The van der Waals surface area contributed by atoms with E-state index in [2.05, 4.69) is 31.9 Å². The summed E-state index contributed by atoms with van der Waals surface area (Å²) >= 11 is 0. The minimum absolute atomic E-state index is 0.239. The Labute approximate surface area is 113 Å². The summed E-state index contributed by atoms with van der Waals surface area (Å²) in [6.45, 7) is 5.93. The van der Waals surface area contributed by atoms with Gasteiger partial charge < -0.3 is 0 Å². The number of rotatable bonds is 8. The molecule has 1 rings (SSSR count). The fourth-order valence-corrected chi connectivity index (χ4v) is 2.68. The molecule has 1 nitrogen and oxygen atoms in total. The average molecular weight is 247 g/mol. The minimum Gasteiger partial charge on any atom is -0.291 e. The van der Waals surface area contributed by atoms with Crippen LogP contribution in [0.5, 0.6) is 0 Å². The third-order valence-corrected chi connectivity index (χ3v) is 3.78. The van der Waals surface area contributed by atoms with Crippen LogP contribution in [0, 0.1) is 0 Å². The highest BCUT2D eigenvalue weighted by atomic mass is 14.8. The number of hydrogen-bond acceptors (Lipinski definition) is 1. The topological polar surface area (TPSA) is 12.4 Å². The fraction of sp³-hybridized carbons (Fsp3) is 0.706. The van der Waals surface area contributed by atoms with Gasteiger partial charge in [0.25, 0.3) is 0 Å². The standard InChI is InChI=1S/C17H29N/c1-3-5-6-7-8-10-13-17(18-16-4-2)14-11-9-12-15-17/h3,8,10,16H,1,4-7,9,11-15H2,2H3. The third-order valence-electron chi connectivity index (χ3n) is 3.78. The van der Waals surface area contributed by atoms with Gasteiger partial charge in [0.05, 0.1) is 5.54 Å². The van der Waals surface area contributed by atoms with Gasteiger partial charge in [0.2, 0.25) is 0 Å². The smallest absolute Gasteiger partial charge is 0.0638 e. The van der Waals surface area contributed by atoms with Gasteiger partial charge in [-0.15, -0.1) is 6.58 Å². The second-order valence-electron chi connectivity index (χ2n) is 5.40. The van der Waals surface area contributed by atoms with Crippen molar-refractivity contribution in [1.82, 2.24) is 0 Å². The largest absolute Gasteiger partial charge is 0.291 e. The highest BCUT2D eigenvalue weighted by Gasteiger charge is 2.29. The predicted molar refractivity (Wildman–Crippen MR) is 82.4 cm³/mol. The van der Waals surface area contributed by atoms with Gasteiger partial charge in [-0.2, -0.15) is 0 Å². The Bertz CT molecular complexity index is 269. The lowest BCUT2D eigenvalue weighted by atomic mass is 9.79. The van der Waals surface area contributed by atoms with E-state index in [9.17, 15) is 0 Å². The molecule has 1 heteroatoms. The van der Waals surface area contributed by atoms with Crippen molar-refractivity contribution in [3.63, 3.8) is 0 Å². The molecule has 1 saturated carbocycles. The molecule has 1 aliphatic carbocycles. The molecule has 1 aliphatic rings. The minimum atomic E-state index is 0.239. The van der Waals surface area contributed by atoms with Crippen LogP contribution in [0.1, 0.15) is 71.1 Å². The number of hydrogen-bond donors (Lipinski definition) is 0. The summed E-state index contributed by atoms with van der Waals surface area (Å²) in [7, 11) is 0. The van der Waals surface area contributed by atoms with E-state index in [1.807, 2.05) is 6.08 Å². The number of allylic oxidation sites excluding steroid dienone is 2. The van der Waals surface area contributed by atoms with Crippen LogP contribution in [0.2, 0.25) is 0 Å². The first kappa shape index (κ1) is 15.2. The maximum absolute atomic E-state index is 4.87. The van der Waals surface area contributed by atoms with Crippen LogP contribution in [0.4, 0.5) is 0 Å². The van der Waals surface area contributed by atoms with E-state index >= 15 is 0 Å². The molecule has 0 aromatic carbocycles. The van der Waals surface area contributed by atoms with Crippen LogP contribution in [0.15, 0.2) is 29.8 Å². The van der Waals surface area contributed by atoms with Gasteiger partial charge >= 0.3 is 0 Å². The first-order chi connectivity index (χ1) is 8.83. The molecule has 0 aliphatic heterocycles. The molecular formula is C17H29N. The number of nitrogens with zero attached hydrogens (tertiary/aromatic N) is 1. The SMILES string of the molecule is C=CCCCC=CCC1(N=CCC)CCCCC1. The lowest BCUT2D eigenvalue weighted by Gasteiger charge is -2.32. The molecule has 0 atom stereocenters. The molecule has 0 N–H and O–H groups in total. The van der Waals surface area contributed by atoms with Crippen molar-refractivity contribution in [2.24, 2.45) is 4.99 Å². The van der Waals surface area contributed by atoms with E-state index in [1.165, 1.54) is 44.9 Å². The van der Waals surface area contributed by atoms with Crippen molar-refractivity contribution in [1.29, 1.82) is 0 Å². The summed E-state index contributed by atoms with van der Waals surface area (Å²) in [5.74, 6) is 0. The zero-order valence-electron chi connectivity index (χ0n) is 12.0. The van der Waals surface area contributed by atoms with E-state index in [0.717, 1.165) is 19.3 Å². The lowest BCUT2D eigenvalue weighted by Crippen LogP contribution is -2.28. The second kappa shape index (κ2) is 9.13. The molecular weight excluding hydrogens is 218 g/mol. The normalized spacial score (nSPS) is 19.6. The van der Waals surface area contributed by atoms with E-state index in [1.54, 1.807) is 0 Å². The van der Waals surface area contributed by atoms with Crippen LogP contribution < -0.4 is 0 Å². The van der Waals surface area contributed by atoms with Gasteiger partial charge in [0.1, 0.15) is 0 Å². The zero-order valence-corrected chi connectivity index (χ0v) is 12.0. The molecule has 0 spiro atoms. The summed E-state index contributed by atoms with van der Waals surface area (Å²) in [4.78, 5) is 4.87. The van der Waals surface area contributed by atoms with Crippen LogP contribution in [-0.2, 0) is 0 Å². The number of unbranched alkanes of at least 4 members (excludes halogenated alkanes) is 2. The van der Waals surface area contributed by atoms with Crippen LogP contribution in [0.25, 0.3) is 0 Å². The van der Waals surface area contributed by atoms with Crippen molar-refractivity contribution in [3.05, 3.63) is 24.8 Å². The monoisotopic (exact) mass is 247 g/mol. The molecule has 0 radical (unpaired) electrons. The second-order valence-corrected chi connectivity index (χ2v) is 5.40. The van der Waals surface area contributed by atoms with E-state index in [0.29, 0.717) is 0 Å². The van der Waals surface area contributed by atoms with Crippen LogP contribution >= 0.6 is 0 Å². The lowest BCUT2D eigenvalue weighted by molar-refractivity contribution is 0.302. The highest BCUT2D eigenvalue weighted by molar-refractivity contribution is 5.57. The highest BCUT2D eigenvalue weighted by Crippen LogP contribution is 2.34. The molecule has 0 aromatic rings. The Hall–Kier alpha value is -0.850.